The Balaban J connectivity index is 1.32. The maximum absolute atomic E-state index is 12.3. The minimum atomic E-state index is -0.444. The van der Waals surface area contributed by atoms with E-state index in [2.05, 4.69) is 29.0 Å². The normalized spacial score (nSPS) is 20.2. The number of likely N-dealkylation sites (tertiary alicyclic amines) is 1. The Hall–Kier alpha value is -2.45. The highest BCUT2D eigenvalue weighted by atomic mass is 32.1. The first-order valence-electron chi connectivity index (χ1n) is 10.0. The van der Waals surface area contributed by atoms with Crippen LogP contribution in [0.3, 0.4) is 0 Å². The summed E-state index contributed by atoms with van der Waals surface area (Å²) in [6, 6.07) is 7.21. The van der Waals surface area contributed by atoms with Crippen LogP contribution in [0.1, 0.15) is 32.4 Å². The van der Waals surface area contributed by atoms with Crippen LogP contribution in [-0.2, 0) is 17.9 Å². The average Bonchev–Trinajstić information content (AvgIpc) is 3.22. The molecule has 1 aliphatic rings. The van der Waals surface area contributed by atoms with Gasteiger partial charge in [0.2, 0.25) is 5.91 Å². The molecule has 2 aromatic heterocycles. The standard InChI is InChI=1S/C21H26N4O3S/c1-14-9-15(2)11-24(10-14)12-16-13-29-20(22-16)23-19(26)7-8-25-17-5-3-4-6-18(17)28-21(25)27/h3-6,13-15H,7-12H2,1-2H3,(H,22,23,26)/t14-,15-/m0/s1. The molecule has 29 heavy (non-hydrogen) atoms. The Morgan fingerprint density at radius 2 is 2.03 bits per heavy atom. The quantitative estimate of drug-likeness (QED) is 0.667. The molecule has 3 aromatic rings. The number of benzene rings is 1. The van der Waals surface area contributed by atoms with Crippen molar-refractivity contribution >= 4 is 33.5 Å². The topological polar surface area (TPSA) is 80.4 Å². The number of rotatable bonds is 6. The SMILES string of the molecule is C[C@H]1C[C@H](C)CN(Cc2csc(NC(=O)CCn3c(=O)oc4ccccc43)n2)C1. The second kappa shape index (κ2) is 8.51. The Bertz CT molecular complexity index is 1040. The first-order chi connectivity index (χ1) is 14.0. The van der Waals surface area contributed by atoms with Crippen molar-refractivity contribution in [2.75, 3.05) is 18.4 Å². The fourth-order valence-electron chi connectivity index (χ4n) is 4.21. The Labute approximate surface area is 173 Å². The van der Waals surface area contributed by atoms with Crippen molar-refractivity contribution < 1.29 is 9.21 Å². The summed E-state index contributed by atoms with van der Waals surface area (Å²) >= 11 is 1.44. The van der Waals surface area contributed by atoms with Gasteiger partial charge in [-0.1, -0.05) is 26.0 Å². The van der Waals surface area contributed by atoms with Crippen molar-refractivity contribution in [3.63, 3.8) is 0 Å². The number of nitrogens with zero attached hydrogens (tertiary/aromatic N) is 3. The molecule has 0 radical (unpaired) electrons. The van der Waals surface area contributed by atoms with Crippen molar-refractivity contribution in [2.45, 2.75) is 39.8 Å². The smallest absolute Gasteiger partial charge is 0.408 e. The highest BCUT2D eigenvalue weighted by Crippen LogP contribution is 2.24. The number of anilines is 1. The number of para-hydroxylation sites is 2. The number of carbonyl (C=O) groups is 1. The summed E-state index contributed by atoms with van der Waals surface area (Å²) in [4.78, 5) is 31.3. The van der Waals surface area contributed by atoms with Gasteiger partial charge in [-0.3, -0.25) is 14.3 Å². The van der Waals surface area contributed by atoms with Crippen molar-refractivity contribution in [1.82, 2.24) is 14.5 Å². The van der Waals surface area contributed by atoms with Crippen LogP contribution >= 0.6 is 11.3 Å². The van der Waals surface area contributed by atoms with Crippen LogP contribution in [0.25, 0.3) is 11.1 Å². The summed E-state index contributed by atoms with van der Waals surface area (Å²) < 4.78 is 6.69. The van der Waals surface area contributed by atoms with Gasteiger partial charge in [-0.05, 0) is 30.4 Å². The van der Waals surface area contributed by atoms with Gasteiger partial charge >= 0.3 is 5.76 Å². The highest BCUT2D eigenvalue weighted by molar-refractivity contribution is 7.13. The third kappa shape index (κ3) is 4.76. The molecule has 8 heteroatoms. The lowest BCUT2D eigenvalue weighted by atomic mass is 9.92. The van der Waals surface area contributed by atoms with E-state index in [9.17, 15) is 9.59 Å². The van der Waals surface area contributed by atoms with E-state index in [0.29, 0.717) is 28.1 Å². The molecule has 1 saturated heterocycles. The summed E-state index contributed by atoms with van der Waals surface area (Å²) in [5, 5.41) is 5.46. The molecule has 0 saturated carbocycles. The summed E-state index contributed by atoms with van der Waals surface area (Å²) in [6.45, 7) is 7.86. The van der Waals surface area contributed by atoms with Gasteiger partial charge in [-0.25, -0.2) is 9.78 Å². The molecule has 0 bridgehead atoms. The number of nitrogens with one attached hydrogen (secondary N) is 1. The molecule has 0 spiro atoms. The van der Waals surface area contributed by atoms with Crippen LogP contribution in [-0.4, -0.2) is 33.4 Å². The van der Waals surface area contributed by atoms with Gasteiger partial charge in [0.25, 0.3) is 0 Å². The van der Waals surface area contributed by atoms with Crippen LogP contribution in [0.2, 0.25) is 0 Å². The van der Waals surface area contributed by atoms with Gasteiger partial charge in [0, 0.05) is 38.0 Å². The van der Waals surface area contributed by atoms with Crippen molar-refractivity contribution in [1.29, 1.82) is 0 Å². The molecule has 0 aliphatic carbocycles. The molecule has 1 aromatic carbocycles. The van der Waals surface area contributed by atoms with Crippen LogP contribution in [0.4, 0.5) is 5.13 Å². The van der Waals surface area contributed by atoms with Gasteiger partial charge in [-0.15, -0.1) is 11.3 Å². The monoisotopic (exact) mass is 414 g/mol. The minimum absolute atomic E-state index is 0.164. The van der Waals surface area contributed by atoms with Crippen LogP contribution in [0.5, 0.6) is 0 Å². The van der Waals surface area contributed by atoms with Crippen molar-refractivity contribution in [2.24, 2.45) is 11.8 Å². The maximum Gasteiger partial charge on any atom is 0.419 e. The second-order valence-corrected chi connectivity index (χ2v) is 8.93. The molecule has 1 amide bonds. The molecular formula is C21H26N4O3S. The fraction of sp³-hybridized carbons (Fsp3) is 0.476. The summed E-state index contributed by atoms with van der Waals surface area (Å²) in [7, 11) is 0. The van der Waals surface area contributed by atoms with Crippen LogP contribution in [0, 0.1) is 11.8 Å². The average molecular weight is 415 g/mol. The summed E-state index contributed by atoms with van der Waals surface area (Å²) in [5.74, 6) is 0.807. The zero-order valence-corrected chi connectivity index (χ0v) is 17.6. The van der Waals surface area contributed by atoms with Gasteiger partial charge < -0.3 is 9.73 Å². The molecule has 3 heterocycles. The number of carbonyl (C=O) groups excluding carboxylic acids is 1. The predicted octanol–water partition coefficient (Wildman–Crippen LogP) is 3.56. The zero-order valence-electron chi connectivity index (χ0n) is 16.8. The largest absolute Gasteiger partial charge is 0.419 e. The second-order valence-electron chi connectivity index (χ2n) is 8.07. The Morgan fingerprint density at radius 3 is 2.83 bits per heavy atom. The van der Waals surface area contributed by atoms with Crippen molar-refractivity contribution in [3.8, 4) is 0 Å². The number of piperidine rings is 1. The molecule has 0 unspecified atom stereocenters. The van der Waals surface area contributed by atoms with E-state index in [1.54, 1.807) is 6.07 Å². The lowest BCUT2D eigenvalue weighted by Gasteiger charge is -2.34. The fourth-order valence-corrected chi connectivity index (χ4v) is 4.93. The van der Waals surface area contributed by atoms with E-state index >= 15 is 0 Å². The Kier molecular flexibility index (Phi) is 5.82. The van der Waals surface area contributed by atoms with E-state index in [-0.39, 0.29) is 18.9 Å². The molecule has 1 N–H and O–H groups in total. The number of amides is 1. The number of thiazole rings is 1. The summed E-state index contributed by atoms with van der Waals surface area (Å²) in [6.07, 6.45) is 1.46. The summed E-state index contributed by atoms with van der Waals surface area (Å²) in [5.41, 5.74) is 2.22. The van der Waals surface area contributed by atoms with Crippen LogP contribution in [0.15, 0.2) is 38.9 Å². The van der Waals surface area contributed by atoms with E-state index in [0.717, 1.165) is 25.3 Å². The third-order valence-electron chi connectivity index (χ3n) is 5.26. The van der Waals surface area contributed by atoms with Gasteiger partial charge in [-0.2, -0.15) is 0 Å². The maximum atomic E-state index is 12.3. The molecule has 4 rings (SSSR count). The first kappa shape index (κ1) is 19.8. The van der Waals surface area contributed by atoms with Gasteiger partial charge in [0.05, 0.1) is 11.2 Å². The van der Waals surface area contributed by atoms with Crippen molar-refractivity contribution in [3.05, 3.63) is 45.9 Å². The van der Waals surface area contributed by atoms with E-state index in [4.69, 9.17) is 4.42 Å². The first-order valence-corrected chi connectivity index (χ1v) is 10.9. The molecule has 154 valence electrons. The Morgan fingerprint density at radius 1 is 1.28 bits per heavy atom. The van der Waals surface area contributed by atoms with E-state index in [1.165, 1.54) is 22.3 Å². The number of aryl methyl sites for hydroxylation is 1. The number of hydrogen-bond donors (Lipinski definition) is 1. The molecular weight excluding hydrogens is 388 g/mol. The van der Waals surface area contributed by atoms with E-state index in [1.807, 2.05) is 23.6 Å². The zero-order chi connectivity index (χ0) is 20.4. The highest BCUT2D eigenvalue weighted by Gasteiger charge is 2.22. The lowest BCUT2D eigenvalue weighted by molar-refractivity contribution is -0.116. The third-order valence-corrected chi connectivity index (χ3v) is 6.07. The number of aromatic nitrogens is 2. The molecule has 1 aliphatic heterocycles. The predicted molar refractivity (Wildman–Crippen MR) is 114 cm³/mol. The number of fused-ring (bicyclic) bond motifs is 1. The van der Waals surface area contributed by atoms with E-state index < -0.39 is 5.76 Å². The molecule has 2 atom stereocenters. The van der Waals surface area contributed by atoms with Gasteiger partial charge in [0.15, 0.2) is 10.7 Å². The number of oxazole rings is 1. The number of hydrogen-bond acceptors (Lipinski definition) is 6. The van der Waals surface area contributed by atoms with Gasteiger partial charge in [0.1, 0.15) is 0 Å². The molecule has 7 nitrogen and oxygen atoms in total. The van der Waals surface area contributed by atoms with Crippen LogP contribution < -0.4 is 11.1 Å². The molecule has 1 fully saturated rings. The lowest BCUT2D eigenvalue weighted by Crippen LogP contribution is -2.38. The minimum Gasteiger partial charge on any atom is -0.408 e.